The van der Waals surface area contributed by atoms with Gasteiger partial charge in [0.05, 0.1) is 5.02 Å². The smallest absolute Gasteiger partial charge is 0.252 e. The topological polar surface area (TPSA) is 62.5 Å². The van der Waals surface area contributed by atoms with Gasteiger partial charge < -0.3 is 10.2 Å². The molecule has 0 aromatic carbocycles. The maximum absolute atomic E-state index is 12.1. The number of halogens is 1. The summed E-state index contributed by atoms with van der Waals surface area (Å²) in [5.74, 6) is 0.810. The zero-order valence-corrected chi connectivity index (χ0v) is 14.4. The molecule has 1 amide bonds. The van der Waals surface area contributed by atoms with Crippen molar-refractivity contribution in [3.63, 3.8) is 0 Å². The molecule has 1 fully saturated rings. The fraction of sp³-hybridized carbons (Fsp3) is 0.312. The van der Waals surface area contributed by atoms with Gasteiger partial charge in [0.15, 0.2) is 5.65 Å². The summed E-state index contributed by atoms with van der Waals surface area (Å²) in [6.45, 7) is 1.64. The summed E-state index contributed by atoms with van der Waals surface area (Å²) in [6.07, 6.45) is 3.59. The van der Waals surface area contributed by atoms with Crippen LogP contribution in [0.5, 0.6) is 0 Å². The maximum atomic E-state index is 12.1. The van der Waals surface area contributed by atoms with Crippen LogP contribution >= 0.6 is 22.9 Å². The molecule has 0 aliphatic carbocycles. The number of anilines is 1. The summed E-state index contributed by atoms with van der Waals surface area (Å²) in [4.78, 5) is 14.3. The van der Waals surface area contributed by atoms with Crippen LogP contribution in [0.2, 0.25) is 5.02 Å². The van der Waals surface area contributed by atoms with Crippen LogP contribution in [0.4, 0.5) is 5.95 Å². The standard InChI is InChI=1S/C16H16ClN5OS/c17-12-1-2-14-19-20-16(22(14)9-12)21-6-3-13(4-7-21)18-15(23)11-5-8-24-10-11/h1-2,5,8-10,13H,3-4,6-7H2,(H,18,23). The number of nitrogens with zero attached hydrogens (tertiary/aromatic N) is 4. The monoisotopic (exact) mass is 361 g/mol. The van der Waals surface area contributed by atoms with Gasteiger partial charge in [-0.25, -0.2) is 0 Å². The fourth-order valence-corrected chi connectivity index (χ4v) is 3.75. The molecule has 0 bridgehead atoms. The molecule has 6 nitrogen and oxygen atoms in total. The van der Waals surface area contributed by atoms with Crippen LogP contribution in [0.25, 0.3) is 5.65 Å². The predicted octanol–water partition coefficient (Wildman–Crippen LogP) is 2.84. The number of fused-ring (bicyclic) bond motifs is 1. The number of thiophene rings is 1. The van der Waals surface area contributed by atoms with Gasteiger partial charge in [-0.3, -0.25) is 9.20 Å². The Morgan fingerprint density at radius 1 is 1.25 bits per heavy atom. The van der Waals surface area contributed by atoms with Gasteiger partial charge in [0, 0.05) is 36.3 Å². The summed E-state index contributed by atoms with van der Waals surface area (Å²) in [7, 11) is 0. The molecule has 24 heavy (non-hydrogen) atoms. The van der Waals surface area contributed by atoms with Crippen molar-refractivity contribution in [2.24, 2.45) is 0 Å². The van der Waals surface area contributed by atoms with Crippen LogP contribution in [0.1, 0.15) is 23.2 Å². The molecule has 0 saturated carbocycles. The molecule has 1 N–H and O–H groups in total. The van der Waals surface area contributed by atoms with Crippen molar-refractivity contribution in [2.75, 3.05) is 18.0 Å². The molecule has 3 aromatic rings. The molecule has 4 rings (SSSR count). The highest BCUT2D eigenvalue weighted by Crippen LogP contribution is 2.21. The summed E-state index contributed by atoms with van der Waals surface area (Å²) < 4.78 is 1.91. The van der Waals surface area contributed by atoms with Crippen molar-refractivity contribution in [1.29, 1.82) is 0 Å². The second-order valence-electron chi connectivity index (χ2n) is 5.82. The molecule has 3 aromatic heterocycles. The van der Waals surface area contributed by atoms with Crippen molar-refractivity contribution in [2.45, 2.75) is 18.9 Å². The number of carbonyl (C=O) groups is 1. The Hall–Kier alpha value is -2.12. The van der Waals surface area contributed by atoms with Crippen LogP contribution in [0.15, 0.2) is 35.2 Å². The number of nitrogens with one attached hydrogen (secondary N) is 1. The second kappa shape index (κ2) is 6.41. The summed E-state index contributed by atoms with van der Waals surface area (Å²) >= 11 is 7.61. The van der Waals surface area contributed by atoms with E-state index in [1.165, 1.54) is 11.3 Å². The molecule has 0 unspecified atom stereocenters. The van der Waals surface area contributed by atoms with Gasteiger partial charge >= 0.3 is 0 Å². The minimum atomic E-state index is 0.00871. The van der Waals surface area contributed by atoms with Gasteiger partial charge in [0.1, 0.15) is 0 Å². The van der Waals surface area contributed by atoms with Crippen molar-refractivity contribution in [1.82, 2.24) is 19.9 Å². The maximum Gasteiger partial charge on any atom is 0.252 e. The third-order valence-electron chi connectivity index (χ3n) is 4.24. The van der Waals surface area contributed by atoms with Gasteiger partial charge in [-0.15, -0.1) is 10.2 Å². The highest BCUT2D eigenvalue weighted by Gasteiger charge is 2.24. The number of pyridine rings is 1. The quantitative estimate of drug-likeness (QED) is 0.779. The normalized spacial score (nSPS) is 15.8. The Morgan fingerprint density at radius 2 is 2.08 bits per heavy atom. The third kappa shape index (κ3) is 2.97. The van der Waals surface area contributed by atoms with E-state index >= 15 is 0 Å². The number of aromatic nitrogens is 3. The zero-order chi connectivity index (χ0) is 16.5. The molecule has 124 valence electrons. The average Bonchev–Trinajstić information content (AvgIpc) is 3.25. The molecule has 1 aliphatic heterocycles. The average molecular weight is 362 g/mol. The first kappa shape index (κ1) is 15.4. The molecular formula is C16H16ClN5OS. The molecular weight excluding hydrogens is 346 g/mol. The largest absolute Gasteiger partial charge is 0.349 e. The van der Waals surface area contributed by atoms with Crippen molar-refractivity contribution >= 4 is 40.4 Å². The van der Waals surface area contributed by atoms with E-state index < -0.39 is 0 Å². The van der Waals surface area contributed by atoms with E-state index in [-0.39, 0.29) is 11.9 Å². The Kier molecular flexibility index (Phi) is 4.12. The Bertz CT molecular complexity index is 855. The first-order valence-electron chi connectivity index (χ1n) is 7.79. The Morgan fingerprint density at radius 3 is 2.83 bits per heavy atom. The molecule has 1 aliphatic rings. The lowest BCUT2D eigenvalue weighted by Gasteiger charge is -2.32. The first-order chi connectivity index (χ1) is 11.7. The molecule has 1 saturated heterocycles. The molecule has 0 radical (unpaired) electrons. The van der Waals surface area contributed by atoms with Crippen LogP contribution in [0.3, 0.4) is 0 Å². The van der Waals surface area contributed by atoms with E-state index in [9.17, 15) is 4.79 Å². The van der Waals surface area contributed by atoms with E-state index in [0.29, 0.717) is 5.02 Å². The third-order valence-corrected chi connectivity index (χ3v) is 5.15. The molecule has 0 spiro atoms. The molecule has 0 atom stereocenters. The minimum absolute atomic E-state index is 0.00871. The van der Waals surface area contributed by atoms with Crippen molar-refractivity contribution in [3.8, 4) is 0 Å². The number of amides is 1. The van der Waals surface area contributed by atoms with E-state index in [0.717, 1.165) is 43.1 Å². The van der Waals surface area contributed by atoms with Crippen molar-refractivity contribution in [3.05, 3.63) is 45.7 Å². The number of hydrogen-bond acceptors (Lipinski definition) is 5. The summed E-state index contributed by atoms with van der Waals surface area (Å²) in [5.41, 5.74) is 1.52. The van der Waals surface area contributed by atoms with E-state index in [1.807, 2.05) is 39.6 Å². The number of piperidine rings is 1. The van der Waals surface area contributed by atoms with Gasteiger partial charge in [-0.2, -0.15) is 11.3 Å². The minimum Gasteiger partial charge on any atom is -0.349 e. The van der Waals surface area contributed by atoms with Gasteiger partial charge in [0.2, 0.25) is 5.95 Å². The van der Waals surface area contributed by atoms with E-state index in [2.05, 4.69) is 20.4 Å². The summed E-state index contributed by atoms with van der Waals surface area (Å²) in [6, 6.07) is 5.70. The van der Waals surface area contributed by atoms with Crippen LogP contribution in [-0.2, 0) is 0 Å². The van der Waals surface area contributed by atoms with Gasteiger partial charge in [0.25, 0.3) is 5.91 Å². The highest BCUT2D eigenvalue weighted by atomic mass is 35.5. The SMILES string of the molecule is O=C(NC1CCN(c2nnc3ccc(Cl)cn23)CC1)c1ccsc1. The predicted molar refractivity (Wildman–Crippen MR) is 95.0 cm³/mol. The van der Waals surface area contributed by atoms with E-state index in [1.54, 1.807) is 0 Å². The number of rotatable bonds is 3. The van der Waals surface area contributed by atoms with Crippen molar-refractivity contribution < 1.29 is 4.79 Å². The molecule has 8 heteroatoms. The summed E-state index contributed by atoms with van der Waals surface area (Å²) in [5, 5.41) is 16.0. The van der Waals surface area contributed by atoms with Crippen LogP contribution in [-0.4, -0.2) is 39.6 Å². The lowest BCUT2D eigenvalue weighted by molar-refractivity contribution is 0.0931. The fourth-order valence-electron chi connectivity index (χ4n) is 2.95. The number of carbonyl (C=O) groups excluding carboxylic acids is 1. The van der Waals surface area contributed by atoms with Gasteiger partial charge in [-0.1, -0.05) is 11.6 Å². The Labute approximate surface area is 148 Å². The van der Waals surface area contributed by atoms with E-state index in [4.69, 9.17) is 11.6 Å². The highest BCUT2D eigenvalue weighted by molar-refractivity contribution is 7.08. The molecule has 4 heterocycles. The van der Waals surface area contributed by atoms with Crippen LogP contribution in [0, 0.1) is 0 Å². The lowest BCUT2D eigenvalue weighted by Crippen LogP contribution is -2.45. The lowest BCUT2D eigenvalue weighted by atomic mass is 10.0. The Balaban J connectivity index is 1.42. The van der Waals surface area contributed by atoms with Gasteiger partial charge in [-0.05, 0) is 36.4 Å². The number of hydrogen-bond donors (Lipinski definition) is 1. The first-order valence-corrected chi connectivity index (χ1v) is 9.11. The second-order valence-corrected chi connectivity index (χ2v) is 7.04. The zero-order valence-electron chi connectivity index (χ0n) is 12.9. The van der Waals surface area contributed by atoms with Crippen LogP contribution < -0.4 is 10.2 Å².